The Hall–Kier alpha value is -2.29. The molecule has 0 aromatic rings. The number of fused-ring (bicyclic) bond motifs is 4. The monoisotopic (exact) mass is 417 g/mol. The van der Waals surface area contributed by atoms with Crippen molar-refractivity contribution in [3.05, 3.63) is 35.1 Å². The van der Waals surface area contributed by atoms with Crippen LogP contribution in [0.25, 0.3) is 0 Å². The number of Topliss-reactive ketones (excluding diaryl/α,β-unsaturated/α-hetero) is 2. The fourth-order valence-electron chi connectivity index (χ4n) is 4.67. The van der Waals surface area contributed by atoms with Gasteiger partial charge in [0.1, 0.15) is 17.4 Å². The average Bonchev–Trinajstić information content (AvgIpc) is 3.29. The van der Waals surface area contributed by atoms with Crippen LogP contribution in [0.15, 0.2) is 35.1 Å². The number of aliphatic hydroxyl groups excluding tert-OH is 1. The lowest BCUT2D eigenvalue weighted by Gasteiger charge is -2.51. The predicted molar refractivity (Wildman–Crippen MR) is 105 cm³/mol. The molecule has 8 heteroatoms. The summed E-state index contributed by atoms with van der Waals surface area (Å²) in [5, 5.41) is 12.5. The summed E-state index contributed by atoms with van der Waals surface area (Å²) in [6, 6.07) is 0. The summed E-state index contributed by atoms with van der Waals surface area (Å²) in [5.41, 5.74) is -0.167. The van der Waals surface area contributed by atoms with Crippen LogP contribution >= 0.6 is 0 Å². The zero-order valence-corrected chi connectivity index (χ0v) is 17.7. The van der Waals surface area contributed by atoms with Crippen LogP contribution in [0.2, 0.25) is 0 Å². The molecule has 0 spiro atoms. The molecule has 2 bridgehead atoms. The molecule has 0 aromatic heterocycles. The van der Waals surface area contributed by atoms with Gasteiger partial charge in [0.05, 0.1) is 12.6 Å². The molecule has 30 heavy (non-hydrogen) atoms. The van der Waals surface area contributed by atoms with E-state index in [4.69, 9.17) is 14.2 Å². The van der Waals surface area contributed by atoms with Gasteiger partial charge in [-0.05, 0) is 26.8 Å². The van der Waals surface area contributed by atoms with Gasteiger partial charge in [-0.25, -0.2) is 0 Å². The van der Waals surface area contributed by atoms with E-state index in [1.165, 1.54) is 6.08 Å². The first kappa shape index (κ1) is 21.0. The number of carbonyl (C=O) groups is 3. The van der Waals surface area contributed by atoms with Gasteiger partial charge in [0, 0.05) is 11.8 Å². The topological polar surface area (TPSA) is 114 Å². The van der Waals surface area contributed by atoms with Crippen molar-refractivity contribution in [1.82, 2.24) is 5.32 Å². The Labute approximate surface area is 174 Å². The van der Waals surface area contributed by atoms with E-state index < -0.39 is 35.3 Å². The molecule has 0 aliphatic carbocycles. The standard InChI is InChI=1S/C22H27NO7/c1-10(6-7-13(24)15-14(25)9-23-20(15)27)8-11(2)17-12(3)18-16(26)19-21(4,30-19)22(5,28-17)29-18/h6-8,11-12,17-19,24H,9H2,1-5H3,(H,23,27)/b7-6+,10-8+,15-13+/t11-,12?,17?,18?,19?,21+,22?/m1/s1. The van der Waals surface area contributed by atoms with E-state index in [1.807, 2.05) is 40.7 Å². The molecule has 1 amide bonds. The Morgan fingerprint density at radius 1 is 1.20 bits per heavy atom. The minimum absolute atomic E-state index is 0.0281. The SMILES string of the molecule is CC(/C=C/C(O)=C1/C(=O)CNC1=O)=C\[C@@H](C)C1OC2(C)OC(C(=O)C3O[C@@]32C)C1C. The highest BCUT2D eigenvalue weighted by Crippen LogP contribution is 2.57. The van der Waals surface area contributed by atoms with E-state index in [0.717, 1.165) is 5.57 Å². The number of ketones is 2. The van der Waals surface area contributed by atoms with Crippen LogP contribution in [-0.4, -0.2) is 58.8 Å². The Kier molecular flexibility index (Phi) is 4.80. The van der Waals surface area contributed by atoms with Crippen LogP contribution < -0.4 is 5.32 Å². The minimum atomic E-state index is -0.988. The number of aliphatic hydroxyl groups is 1. The van der Waals surface area contributed by atoms with E-state index in [-0.39, 0.29) is 41.6 Å². The second-order valence-electron chi connectivity index (χ2n) is 8.90. The smallest absolute Gasteiger partial charge is 0.259 e. The highest BCUT2D eigenvalue weighted by molar-refractivity contribution is 6.25. The number of allylic oxidation sites excluding steroid dienone is 3. The predicted octanol–water partition coefficient (Wildman–Crippen LogP) is 1.51. The van der Waals surface area contributed by atoms with E-state index in [1.54, 1.807) is 6.08 Å². The molecule has 5 unspecified atom stereocenters. The third kappa shape index (κ3) is 3.05. The van der Waals surface area contributed by atoms with E-state index in [0.29, 0.717) is 0 Å². The van der Waals surface area contributed by atoms with Crippen molar-refractivity contribution in [2.45, 2.75) is 64.3 Å². The molecule has 4 aliphatic rings. The third-order valence-electron chi connectivity index (χ3n) is 6.67. The van der Waals surface area contributed by atoms with Crippen LogP contribution in [0.3, 0.4) is 0 Å². The van der Waals surface area contributed by atoms with Crippen molar-refractivity contribution in [2.24, 2.45) is 11.8 Å². The summed E-state index contributed by atoms with van der Waals surface area (Å²) in [4.78, 5) is 36.0. The van der Waals surface area contributed by atoms with Gasteiger partial charge < -0.3 is 24.6 Å². The van der Waals surface area contributed by atoms with E-state index >= 15 is 0 Å². The first-order valence-electron chi connectivity index (χ1n) is 10.2. The first-order valence-corrected chi connectivity index (χ1v) is 10.2. The maximum atomic E-state index is 12.7. The van der Waals surface area contributed by atoms with Crippen molar-refractivity contribution in [2.75, 3.05) is 6.54 Å². The van der Waals surface area contributed by atoms with Crippen molar-refractivity contribution >= 4 is 17.5 Å². The van der Waals surface area contributed by atoms with Crippen LogP contribution in [0, 0.1) is 11.8 Å². The van der Waals surface area contributed by atoms with Crippen LogP contribution in [0.4, 0.5) is 0 Å². The van der Waals surface area contributed by atoms with E-state index in [2.05, 4.69) is 5.32 Å². The van der Waals surface area contributed by atoms with Crippen LogP contribution in [-0.2, 0) is 28.6 Å². The summed E-state index contributed by atoms with van der Waals surface area (Å²) in [6.45, 7) is 9.34. The maximum Gasteiger partial charge on any atom is 0.259 e. The Balaban J connectivity index is 1.51. The molecule has 0 saturated carbocycles. The molecule has 7 atom stereocenters. The number of amides is 1. The lowest BCUT2D eigenvalue weighted by Crippen LogP contribution is -2.66. The van der Waals surface area contributed by atoms with Crippen molar-refractivity contribution in [3.8, 4) is 0 Å². The third-order valence-corrected chi connectivity index (χ3v) is 6.67. The number of epoxide rings is 1. The van der Waals surface area contributed by atoms with Crippen molar-refractivity contribution < 1.29 is 33.7 Å². The molecule has 0 aromatic carbocycles. The number of ether oxygens (including phenoxy) is 3. The fraction of sp³-hybridized carbons (Fsp3) is 0.591. The second kappa shape index (κ2) is 6.87. The summed E-state index contributed by atoms with van der Waals surface area (Å²) in [5.74, 6) is -2.59. The van der Waals surface area contributed by atoms with Crippen LogP contribution in [0.1, 0.15) is 34.6 Å². The zero-order valence-electron chi connectivity index (χ0n) is 17.7. The zero-order chi connectivity index (χ0) is 22.0. The number of rotatable bonds is 4. The Morgan fingerprint density at radius 3 is 2.53 bits per heavy atom. The number of hydrogen-bond acceptors (Lipinski definition) is 7. The Bertz CT molecular complexity index is 900. The van der Waals surface area contributed by atoms with Gasteiger partial charge in [-0.2, -0.15) is 0 Å². The van der Waals surface area contributed by atoms with Gasteiger partial charge in [0.25, 0.3) is 5.91 Å². The van der Waals surface area contributed by atoms with Crippen molar-refractivity contribution in [3.63, 3.8) is 0 Å². The molecule has 2 N–H and O–H groups in total. The van der Waals surface area contributed by atoms with Crippen LogP contribution in [0.5, 0.6) is 0 Å². The molecular formula is C22H27NO7. The molecule has 4 fully saturated rings. The molecule has 4 saturated heterocycles. The summed E-state index contributed by atoms with van der Waals surface area (Å²) >= 11 is 0. The van der Waals surface area contributed by atoms with Gasteiger partial charge in [0.2, 0.25) is 0 Å². The summed E-state index contributed by atoms with van der Waals surface area (Å²) < 4.78 is 18.0. The van der Waals surface area contributed by atoms with Crippen molar-refractivity contribution in [1.29, 1.82) is 0 Å². The molecular weight excluding hydrogens is 390 g/mol. The van der Waals surface area contributed by atoms with E-state index in [9.17, 15) is 19.5 Å². The quantitative estimate of drug-likeness (QED) is 0.234. The van der Waals surface area contributed by atoms with Gasteiger partial charge in [-0.15, -0.1) is 0 Å². The van der Waals surface area contributed by atoms with Gasteiger partial charge in [-0.3, -0.25) is 14.4 Å². The summed E-state index contributed by atoms with van der Waals surface area (Å²) in [6.07, 6.45) is 3.64. The molecule has 4 rings (SSSR count). The first-order chi connectivity index (χ1) is 14.0. The lowest BCUT2D eigenvalue weighted by atomic mass is 9.78. The molecule has 162 valence electrons. The maximum absolute atomic E-state index is 12.7. The molecule has 4 aliphatic heterocycles. The highest BCUT2D eigenvalue weighted by Gasteiger charge is 2.76. The van der Waals surface area contributed by atoms with Gasteiger partial charge in [-0.1, -0.05) is 31.6 Å². The summed E-state index contributed by atoms with van der Waals surface area (Å²) in [7, 11) is 0. The van der Waals surface area contributed by atoms with Gasteiger partial charge in [0.15, 0.2) is 29.1 Å². The number of carbonyl (C=O) groups excluding carboxylic acids is 3. The average molecular weight is 417 g/mol. The normalized spacial score (nSPS) is 43.5. The number of hydrogen-bond donors (Lipinski definition) is 2. The fourth-order valence-corrected chi connectivity index (χ4v) is 4.67. The molecule has 8 nitrogen and oxygen atoms in total. The minimum Gasteiger partial charge on any atom is -0.507 e. The molecule has 4 heterocycles. The number of nitrogens with one attached hydrogen (secondary N) is 1. The lowest BCUT2D eigenvalue weighted by molar-refractivity contribution is -0.350. The highest BCUT2D eigenvalue weighted by atomic mass is 16.8. The Morgan fingerprint density at radius 2 is 1.90 bits per heavy atom. The van der Waals surface area contributed by atoms with Gasteiger partial charge >= 0.3 is 0 Å². The molecule has 0 radical (unpaired) electrons. The largest absolute Gasteiger partial charge is 0.507 e. The second-order valence-corrected chi connectivity index (χ2v) is 8.90.